The van der Waals surface area contributed by atoms with Gasteiger partial charge >= 0.3 is 6.18 Å². The molecule has 0 aliphatic heterocycles. The van der Waals surface area contributed by atoms with Crippen LogP contribution in [0.3, 0.4) is 0 Å². The Morgan fingerprint density at radius 1 is 1.28 bits per heavy atom. The second-order valence-corrected chi connectivity index (χ2v) is 4.52. The van der Waals surface area contributed by atoms with Crippen LogP contribution in [0.4, 0.5) is 13.2 Å². The Hall–Kier alpha value is -0.820. The monoisotopic (exact) mass is 269 g/mol. The van der Waals surface area contributed by atoms with Crippen molar-refractivity contribution >= 4 is 5.91 Å². The number of amides is 1. The fraction of sp³-hybridized carbons (Fsp3) is 0.909. The average Bonchev–Trinajstić information content (AvgIpc) is 2.23. The maximum Gasteiger partial charge on any atom is 0.405 e. The van der Waals surface area contributed by atoms with Gasteiger partial charge in [0.25, 0.3) is 0 Å². The first-order chi connectivity index (χ1) is 8.22. The van der Waals surface area contributed by atoms with E-state index < -0.39 is 24.7 Å². The number of carbonyl (C=O) groups is 1. The van der Waals surface area contributed by atoms with Crippen LogP contribution in [0.15, 0.2) is 0 Å². The zero-order valence-corrected chi connectivity index (χ0v) is 11.1. The average molecular weight is 269 g/mol. The minimum atomic E-state index is -4.36. The Balaban J connectivity index is 3.62. The molecule has 7 heteroatoms. The van der Waals surface area contributed by atoms with E-state index in [0.29, 0.717) is 6.54 Å². The highest BCUT2D eigenvalue weighted by molar-refractivity contribution is 5.81. The van der Waals surface area contributed by atoms with E-state index in [2.05, 4.69) is 10.2 Å². The molecule has 1 unspecified atom stereocenters. The molecule has 0 spiro atoms. The lowest BCUT2D eigenvalue weighted by atomic mass is 10.2. The van der Waals surface area contributed by atoms with Gasteiger partial charge in [0.15, 0.2) is 0 Å². The van der Waals surface area contributed by atoms with Crippen LogP contribution in [-0.2, 0) is 4.79 Å². The van der Waals surface area contributed by atoms with Gasteiger partial charge in [-0.15, -0.1) is 0 Å². The SMILES string of the molecule is CC(NCCCCN(C)C)C(=O)NCC(F)(F)F. The molecule has 0 aromatic rings. The van der Waals surface area contributed by atoms with Crippen molar-refractivity contribution in [1.29, 1.82) is 0 Å². The van der Waals surface area contributed by atoms with Crippen LogP contribution in [0.25, 0.3) is 0 Å². The number of nitrogens with one attached hydrogen (secondary N) is 2. The van der Waals surface area contributed by atoms with Crippen LogP contribution in [0.1, 0.15) is 19.8 Å². The fourth-order valence-electron chi connectivity index (χ4n) is 1.30. The number of carbonyl (C=O) groups excluding carboxylic acids is 1. The molecule has 108 valence electrons. The van der Waals surface area contributed by atoms with Crippen LogP contribution in [0.2, 0.25) is 0 Å². The topological polar surface area (TPSA) is 44.4 Å². The van der Waals surface area contributed by atoms with E-state index in [1.807, 2.05) is 19.4 Å². The van der Waals surface area contributed by atoms with Crippen molar-refractivity contribution in [3.8, 4) is 0 Å². The van der Waals surface area contributed by atoms with E-state index in [4.69, 9.17) is 0 Å². The number of unbranched alkanes of at least 4 members (excludes halogenated alkanes) is 1. The van der Waals surface area contributed by atoms with Gasteiger partial charge in [-0.3, -0.25) is 4.79 Å². The Morgan fingerprint density at radius 2 is 1.89 bits per heavy atom. The Morgan fingerprint density at radius 3 is 2.39 bits per heavy atom. The summed E-state index contributed by atoms with van der Waals surface area (Å²) in [6, 6.07) is -0.605. The summed E-state index contributed by atoms with van der Waals surface area (Å²) >= 11 is 0. The summed E-state index contributed by atoms with van der Waals surface area (Å²) < 4.78 is 35.6. The first kappa shape index (κ1) is 17.2. The van der Waals surface area contributed by atoms with Crippen molar-refractivity contribution in [2.45, 2.75) is 32.0 Å². The summed E-state index contributed by atoms with van der Waals surface area (Å²) in [6.07, 6.45) is -2.49. The third kappa shape index (κ3) is 10.3. The van der Waals surface area contributed by atoms with Crippen molar-refractivity contribution in [3.63, 3.8) is 0 Å². The molecule has 0 rings (SSSR count). The third-order valence-corrected chi connectivity index (χ3v) is 2.34. The molecule has 4 nitrogen and oxygen atoms in total. The second-order valence-electron chi connectivity index (χ2n) is 4.52. The quantitative estimate of drug-likeness (QED) is 0.646. The van der Waals surface area contributed by atoms with E-state index in [-0.39, 0.29) is 0 Å². The predicted molar refractivity (Wildman–Crippen MR) is 64.3 cm³/mol. The lowest BCUT2D eigenvalue weighted by Gasteiger charge is -2.15. The first-order valence-electron chi connectivity index (χ1n) is 5.95. The summed E-state index contributed by atoms with van der Waals surface area (Å²) in [4.78, 5) is 13.3. The van der Waals surface area contributed by atoms with Gasteiger partial charge in [0, 0.05) is 0 Å². The number of hydrogen-bond donors (Lipinski definition) is 2. The molecule has 0 saturated heterocycles. The van der Waals surface area contributed by atoms with Gasteiger partial charge in [-0.1, -0.05) is 0 Å². The number of alkyl halides is 3. The van der Waals surface area contributed by atoms with Gasteiger partial charge in [-0.25, -0.2) is 0 Å². The molecule has 0 radical (unpaired) electrons. The molecule has 0 fully saturated rings. The third-order valence-electron chi connectivity index (χ3n) is 2.34. The molecule has 0 heterocycles. The van der Waals surface area contributed by atoms with Gasteiger partial charge in [-0.05, 0) is 47.0 Å². The zero-order chi connectivity index (χ0) is 14.2. The summed E-state index contributed by atoms with van der Waals surface area (Å²) in [5.74, 6) is -0.625. The van der Waals surface area contributed by atoms with Crippen LogP contribution in [0.5, 0.6) is 0 Å². The van der Waals surface area contributed by atoms with E-state index in [1.54, 1.807) is 6.92 Å². The van der Waals surface area contributed by atoms with E-state index in [9.17, 15) is 18.0 Å². The highest BCUT2D eigenvalue weighted by Crippen LogP contribution is 2.12. The lowest BCUT2D eigenvalue weighted by Crippen LogP contribution is -2.45. The van der Waals surface area contributed by atoms with E-state index >= 15 is 0 Å². The molecule has 0 saturated carbocycles. The van der Waals surface area contributed by atoms with E-state index in [1.165, 1.54) is 0 Å². The van der Waals surface area contributed by atoms with Crippen molar-refractivity contribution in [2.24, 2.45) is 0 Å². The summed E-state index contributed by atoms with van der Waals surface area (Å²) in [7, 11) is 3.95. The van der Waals surface area contributed by atoms with Crippen LogP contribution < -0.4 is 10.6 Å². The summed E-state index contributed by atoms with van der Waals surface area (Å²) in [5, 5.41) is 4.74. The lowest BCUT2D eigenvalue weighted by molar-refractivity contribution is -0.139. The van der Waals surface area contributed by atoms with Crippen molar-refractivity contribution in [3.05, 3.63) is 0 Å². The minimum Gasteiger partial charge on any atom is -0.346 e. The molecule has 0 aliphatic carbocycles. The van der Waals surface area contributed by atoms with Crippen molar-refractivity contribution in [2.75, 3.05) is 33.7 Å². The summed E-state index contributed by atoms with van der Waals surface area (Å²) in [6.45, 7) is 1.85. The van der Waals surface area contributed by atoms with Crippen LogP contribution in [-0.4, -0.2) is 56.8 Å². The highest BCUT2D eigenvalue weighted by atomic mass is 19.4. The van der Waals surface area contributed by atoms with Crippen molar-refractivity contribution < 1.29 is 18.0 Å². The second kappa shape index (κ2) is 8.31. The number of nitrogens with zero attached hydrogens (tertiary/aromatic N) is 1. The number of halogens is 3. The molecular formula is C11H22F3N3O. The van der Waals surface area contributed by atoms with Crippen LogP contribution in [0, 0.1) is 0 Å². The Labute approximate surface area is 106 Å². The molecule has 1 amide bonds. The van der Waals surface area contributed by atoms with Crippen LogP contribution >= 0.6 is 0 Å². The molecule has 0 aromatic carbocycles. The normalized spacial score (nSPS) is 13.7. The Bertz CT molecular complexity index is 244. The predicted octanol–water partition coefficient (Wildman–Crippen LogP) is 0.985. The maximum absolute atomic E-state index is 11.9. The Kier molecular flexibility index (Phi) is 7.93. The molecule has 0 aromatic heterocycles. The van der Waals surface area contributed by atoms with Crippen molar-refractivity contribution in [1.82, 2.24) is 15.5 Å². The smallest absolute Gasteiger partial charge is 0.346 e. The largest absolute Gasteiger partial charge is 0.405 e. The molecule has 18 heavy (non-hydrogen) atoms. The molecule has 0 bridgehead atoms. The fourth-order valence-corrected chi connectivity index (χ4v) is 1.30. The first-order valence-corrected chi connectivity index (χ1v) is 5.95. The van der Waals surface area contributed by atoms with Gasteiger partial charge in [0.2, 0.25) is 5.91 Å². The van der Waals surface area contributed by atoms with Gasteiger partial charge in [0.05, 0.1) is 6.04 Å². The molecular weight excluding hydrogens is 247 g/mol. The van der Waals surface area contributed by atoms with Gasteiger partial charge < -0.3 is 15.5 Å². The standard InChI is InChI=1S/C11H22F3N3O/c1-9(10(18)16-8-11(12,13)14)15-6-4-5-7-17(2)3/h9,15H,4-8H2,1-3H3,(H,16,18). The highest BCUT2D eigenvalue weighted by Gasteiger charge is 2.28. The molecule has 1 atom stereocenters. The van der Waals surface area contributed by atoms with E-state index in [0.717, 1.165) is 19.4 Å². The summed E-state index contributed by atoms with van der Waals surface area (Å²) in [5.41, 5.74) is 0. The number of hydrogen-bond acceptors (Lipinski definition) is 3. The van der Waals surface area contributed by atoms with Gasteiger partial charge in [-0.2, -0.15) is 13.2 Å². The zero-order valence-electron chi connectivity index (χ0n) is 11.1. The number of rotatable bonds is 8. The van der Waals surface area contributed by atoms with Gasteiger partial charge in [0.1, 0.15) is 6.54 Å². The molecule has 2 N–H and O–H groups in total. The molecule has 0 aliphatic rings. The maximum atomic E-state index is 11.9. The minimum absolute atomic E-state index is 0.605.